The lowest BCUT2D eigenvalue weighted by Gasteiger charge is -2.22. The Morgan fingerprint density at radius 1 is 1.03 bits per heavy atom. The summed E-state index contributed by atoms with van der Waals surface area (Å²) < 4.78 is 0. The van der Waals surface area contributed by atoms with Crippen LogP contribution in [0.15, 0.2) is 36.4 Å². The molecule has 1 aliphatic carbocycles. The quantitative estimate of drug-likeness (QED) is 0.553. The van der Waals surface area contributed by atoms with Crippen molar-refractivity contribution >= 4 is 17.6 Å². The van der Waals surface area contributed by atoms with Crippen LogP contribution < -0.4 is 0 Å². The second kappa shape index (κ2) is 7.48. The fourth-order valence-corrected chi connectivity index (χ4v) is 5.09. The zero-order chi connectivity index (χ0) is 21.6. The van der Waals surface area contributed by atoms with E-state index in [4.69, 9.17) is 5.11 Å². The Kier molecular flexibility index (Phi) is 5.51. The highest BCUT2D eigenvalue weighted by Crippen LogP contribution is 2.50. The van der Waals surface area contributed by atoms with Gasteiger partial charge in [0.2, 0.25) is 0 Å². The number of rotatable bonds is 5. The molecule has 29 heavy (non-hydrogen) atoms. The van der Waals surface area contributed by atoms with Crippen molar-refractivity contribution in [1.82, 2.24) is 0 Å². The van der Waals surface area contributed by atoms with E-state index in [2.05, 4.69) is 66.7 Å². The highest BCUT2D eigenvalue weighted by atomic mass is 16.4. The van der Waals surface area contributed by atoms with Crippen molar-refractivity contribution in [3.05, 3.63) is 69.8 Å². The van der Waals surface area contributed by atoms with Crippen molar-refractivity contribution in [1.29, 1.82) is 0 Å². The van der Waals surface area contributed by atoms with Crippen molar-refractivity contribution in [2.75, 3.05) is 0 Å². The maximum atomic E-state index is 11.1. The smallest absolute Gasteiger partial charge is 0.335 e. The number of fused-ring (bicyclic) bond motifs is 1. The van der Waals surface area contributed by atoms with Crippen LogP contribution in [-0.2, 0) is 17.3 Å². The minimum Gasteiger partial charge on any atom is -0.478 e. The first-order valence-corrected chi connectivity index (χ1v) is 10.6. The molecule has 0 aliphatic heterocycles. The Labute approximate surface area is 175 Å². The molecule has 2 aromatic rings. The van der Waals surface area contributed by atoms with Crippen LogP contribution in [0, 0.1) is 5.92 Å². The zero-order valence-corrected chi connectivity index (χ0v) is 18.9. The van der Waals surface area contributed by atoms with Crippen molar-refractivity contribution in [3.8, 4) is 0 Å². The molecule has 0 saturated carbocycles. The van der Waals surface area contributed by atoms with Gasteiger partial charge in [0.25, 0.3) is 0 Å². The van der Waals surface area contributed by atoms with Crippen molar-refractivity contribution in [2.24, 2.45) is 5.92 Å². The molecule has 3 rings (SSSR count). The summed E-state index contributed by atoms with van der Waals surface area (Å²) >= 11 is 0. The minimum atomic E-state index is -0.889. The Hall–Kier alpha value is -2.35. The van der Waals surface area contributed by atoms with E-state index >= 15 is 0 Å². The number of allylic oxidation sites excluding steroid dienone is 1. The van der Waals surface area contributed by atoms with E-state index in [1.165, 1.54) is 34.2 Å². The van der Waals surface area contributed by atoms with Gasteiger partial charge in [0.15, 0.2) is 0 Å². The molecule has 0 atom stereocenters. The van der Waals surface area contributed by atoms with Gasteiger partial charge in [-0.1, -0.05) is 71.9 Å². The van der Waals surface area contributed by atoms with E-state index in [-0.39, 0.29) is 10.8 Å². The SMILES string of the molecule is CC(=Cc1ccc(C(=O)O)cc1)c1cc2c(cc1CC(C)C)C(C)(C)CC2(C)C. The molecular formula is C27H34O2. The number of carbonyl (C=O) groups is 1. The second-order valence-electron chi connectivity index (χ2n) is 10.4. The average molecular weight is 391 g/mol. The third-order valence-corrected chi connectivity index (χ3v) is 6.18. The van der Waals surface area contributed by atoms with E-state index in [1.54, 1.807) is 12.1 Å². The van der Waals surface area contributed by atoms with Crippen LogP contribution in [0.2, 0.25) is 0 Å². The van der Waals surface area contributed by atoms with Gasteiger partial charge in [0.1, 0.15) is 0 Å². The van der Waals surface area contributed by atoms with Crippen LogP contribution in [0.4, 0.5) is 0 Å². The van der Waals surface area contributed by atoms with E-state index in [1.807, 2.05) is 12.1 Å². The van der Waals surface area contributed by atoms with Gasteiger partial charge in [-0.2, -0.15) is 0 Å². The molecule has 0 radical (unpaired) electrons. The van der Waals surface area contributed by atoms with Crippen molar-refractivity contribution < 1.29 is 9.90 Å². The van der Waals surface area contributed by atoms with Gasteiger partial charge >= 0.3 is 5.97 Å². The molecule has 0 amide bonds. The topological polar surface area (TPSA) is 37.3 Å². The summed E-state index contributed by atoms with van der Waals surface area (Å²) in [4.78, 5) is 11.1. The molecule has 0 spiro atoms. The largest absolute Gasteiger partial charge is 0.478 e. The molecule has 1 N–H and O–H groups in total. The number of carboxylic acids is 1. The molecule has 0 fully saturated rings. The summed E-state index contributed by atoms with van der Waals surface area (Å²) in [5.74, 6) is -0.299. The third-order valence-electron chi connectivity index (χ3n) is 6.18. The zero-order valence-electron chi connectivity index (χ0n) is 18.9. The van der Waals surface area contributed by atoms with E-state index in [0.717, 1.165) is 12.0 Å². The van der Waals surface area contributed by atoms with Gasteiger partial charge in [0, 0.05) is 0 Å². The number of benzene rings is 2. The van der Waals surface area contributed by atoms with Crippen LogP contribution in [0.3, 0.4) is 0 Å². The average Bonchev–Trinajstić information content (AvgIpc) is 2.78. The van der Waals surface area contributed by atoms with Gasteiger partial charge < -0.3 is 5.11 Å². The first kappa shape index (κ1) is 21.4. The summed E-state index contributed by atoms with van der Waals surface area (Å²) in [6.07, 6.45) is 4.39. The normalized spacial score (nSPS) is 17.4. The van der Waals surface area contributed by atoms with Crippen molar-refractivity contribution in [3.63, 3.8) is 0 Å². The molecular weight excluding hydrogens is 356 g/mol. The van der Waals surface area contributed by atoms with Crippen molar-refractivity contribution in [2.45, 2.75) is 72.1 Å². The highest BCUT2D eigenvalue weighted by molar-refractivity contribution is 5.88. The van der Waals surface area contributed by atoms with Crippen LogP contribution in [-0.4, -0.2) is 11.1 Å². The molecule has 1 aliphatic rings. The first-order chi connectivity index (χ1) is 13.4. The summed E-state index contributed by atoms with van der Waals surface area (Å²) in [6.45, 7) is 16.2. The molecule has 0 unspecified atom stereocenters. The third kappa shape index (κ3) is 4.32. The van der Waals surface area contributed by atoms with Crippen LogP contribution in [0.1, 0.15) is 93.1 Å². The minimum absolute atomic E-state index is 0.174. The monoisotopic (exact) mass is 390 g/mol. The van der Waals surface area contributed by atoms with Crippen LogP contribution in [0.5, 0.6) is 0 Å². The van der Waals surface area contributed by atoms with Crippen LogP contribution >= 0.6 is 0 Å². The molecule has 0 bridgehead atoms. The van der Waals surface area contributed by atoms with Gasteiger partial charge in [-0.3, -0.25) is 0 Å². The maximum absolute atomic E-state index is 11.1. The molecule has 0 heterocycles. The summed E-state index contributed by atoms with van der Waals surface area (Å²) in [6, 6.07) is 12.0. The first-order valence-electron chi connectivity index (χ1n) is 10.6. The number of hydrogen-bond donors (Lipinski definition) is 1. The molecule has 2 nitrogen and oxygen atoms in total. The van der Waals surface area contributed by atoms with E-state index in [9.17, 15) is 4.79 Å². The maximum Gasteiger partial charge on any atom is 0.335 e. The standard InChI is InChI=1S/C27H34O2/c1-17(2)12-21-14-23-24(27(6,7)16-26(23,4)5)15-22(21)18(3)13-19-8-10-20(11-9-19)25(28)29/h8-11,13-15,17H,12,16H2,1-7H3,(H,28,29). The summed E-state index contributed by atoms with van der Waals surface area (Å²) in [7, 11) is 0. The lowest BCUT2D eigenvalue weighted by Crippen LogP contribution is -2.18. The Balaban J connectivity index is 2.11. The molecule has 0 aromatic heterocycles. The number of aromatic carboxylic acids is 1. The summed E-state index contributed by atoms with van der Waals surface area (Å²) in [5.41, 5.74) is 8.67. The Morgan fingerprint density at radius 2 is 1.59 bits per heavy atom. The molecule has 2 aromatic carbocycles. The lowest BCUT2D eigenvalue weighted by atomic mass is 9.82. The highest BCUT2D eigenvalue weighted by Gasteiger charge is 2.42. The van der Waals surface area contributed by atoms with Crippen LogP contribution in [0.25, 0.3) is 11.6 Å². The Morgan fingerprint density at radius 3 is 2.10 bits per heavy atom. The van der Waals surface area contributed by atoms with E-state index < -0.39 is 5.97 Å². The molecule has 0 saturated heterocycles. The lowest BCUT2D eigenvalue weighted by molar-refractivity contribution is 0.0697. The van der Waals surface area contributed by atoms with Gasteiger partial charge in [-0.25, -0.2) is 4.79 Å². The molecule has 2 heteroatoms. The fraction of sp³-hybridized carbons (Fsp3) is 0.444. The van der Waals surface area contributed by atoms with Gasteiger partial charge in [0.05, 0.1) is 5.56 Å². The molecule has 154 valence electrons. The number of hydrogen-bond acceptors (Lipinski definition) is 1. The number of carboxylic acid groups (broad SMARTS) is 1. The summed E-state index contributed by atoms with van der Waals surface area (Å²) in [5, 5.41) is 9.12. The van der Waals surface area contributed by atoms with E-state index in [0.29, 0.717) is 11.5 Å². The predicted molar refractivity (Wildman–Crippen MR) is 123 cm³/mol. The predicted octanol–water partition coefficient (Wildman–Crippen LogP) is 7.10. The fourth-order valence-electron chi connectivity index (χ4n) is 5.09. The van der Waals surface area contributed by atoms with Gasteiger partial charge in [-0.15, -0.1) is 0 Å². The Bertz CT molecular complexity index is 957. The van der Waals surface area contributed by atoms with Gasteiger partial charge in [-0.05, 0) is 82.0 Å². The second-order valence-corrected chi connectivity index (χ2v) is 10.4.